The molecule has 1 aliphatic rings. The lowest BCUT2D eigenvalue weighted by molar-refractivity contribution is 0.122. The van der Waals surface area contributed by atoms with E-state index in [0.717, 1.165) is 66.4 Å². The minimum atomic E-state index is 0.410. The van der Waals surface area contributed by atoms with E-state index in [2.05, 4.69) is 37.2 Å². The van der Waals surface area contributed by atoms with Crippen LogP contribution in [0.5, 0.6) is 5.75 Å². The van der Waals surface area contributed by atoms with Gasteiger partial charge in [0.1, 0.15) is 18.2 Å². The first-order valence-corrected chi connectivity index (χ1v) is 12.1. The Hall–Kier alpha value is -3.95. The molecule has 186 valence electrons. The van der Waals surface area contributed by atoms with Crippen molar-refractivity contribution in [2.24, 2.45) is 0 Å². The van der Waals surface area contributed by atoms with Gasteiger partial charge in [-0.15, -0.1) is 0 Å². The summed E-state index contributed by atoms with van der Waals surface area (Å²) in [6.45, 7) is 4.74. The molecule has 0 saturated carbocycles. The molecule has 0 amide bonds. The average molecular weight is 486 g/mol. The number of anilines is 4. The van der Waals surface area contributed by atoms with Crippen molar-refractivity contribution in [2.75, 3.05) is 69.5 Å². The molecule has 3 heterocycles. The van der Waals surface area contributed by atoms with Crippen LogP contribution < -0.4 is 20.7 Å². The van der Waals surface area contributed by atoms with Gasteiger partial charge in [0.05, 0.1) is 24.4 Å². The van der Waals surface area contributed by atoms with Gasteiger partial charge in [-0.25, -0.2) is 4.98 Å². The van der Waals surface area contributed by atoms with Crippen LogP contribution in [0.15, 0.2) is 60.8 Å². The maximum atomic E-state index is 6.34. The number of fused-ring (bicyclic) bond motifs is 1. The summed E-state index contributed by atoms with van der Waals surface area (Å²) in [4.78, 5) is 18.3. The number of hydrogen-bond acceptors (Lipinski definition) is 9. The smallest absolute Gasteiger partial charge is 0.229 e. The Labute approximate surface area is 210 Å². The van der Waals surface area contributed by atoms with Gasteiger partial charge < -0.3 is 30.3 Å². The number of nitrogen functional groups attached to an aromatic ring is 1. The molecule has 0 radical (unpaired) electrons. The molecule has 0 bridgehead atoms. The van der Waals surface area contributed by atoms with E-state index >= 15 is 0 Å². The fourth-order valence-corrected chi connectivity index (χ4v) is 4.14. The normalized spacial score (nSPS) is 13.8. The van der Waals surface area contributed by atoms with Crippen molar-refractivity contribution in [1.82, 2.24) is 19.9 Å². The number of morpholine rings is 1. The second-order valence-electron chi connectivity index (χ2n) is 8.93. The Balaban J connectivity index is 1.41. The molecule has 0 atom stereocenters. The van der Waals surface area contributed by atoms with Crippen molar-refractivity contribution in [3.63, 3.8) is 0 Å². The molecular formula is C27H31N7O2. The summed E-state index contributed by atoms with van der Waals surface area (Å²) in [5, 5.41) is 4.08. The molecule has 0 aliphatic carbocycles. The van der Waals surface area contributed by atoms with E-state index in [0.29, 0.717) is 18.4 Å². The molecule has 2 aromatic heterocycles. The molecular weight excluding hydrogens is 454 g/mol. The summed E-state index contributed by atoms with van der Waals surface area (Å²) in [7, 11) is 4.04. The van der Waals surface area contributed by atoms with Gasteiger partial charge in [-0.2, -0.15) is 4.98 Å². The van der Waals surface area contributed by atoms with Gasteiger partial charge in [0.15, 0.2) is 0 Å². The number of nitrogens with two attached hydrogens (primary N) is 1. The van der Waals surface area contributed by atoms with Crippen molar-refractivity contribution in [1.29, 1.82) is 0 Å². The number of ether oxygens (including phenoxy) is 2. The maximum absolute atomic E-state index is 6.34. The first kappa shape index (κ1) is 23.8. The summed E-state index contributed by atoms with van der Waals surface area (Å²) < 4.78 is 11.4. The van der Waals surface area contributed by atoms with Crippen LogP contribution in [0.25, 0.3) is 22.2 Å². The average Bonchev–Trinajstić information content (AvgIpc) is 2.89. The fraction of sp³-hybridized carbons (Fsp3) is 0.296. The lowest BCUT2D eigenvalue weighted by Gasteiger charge is -2.28. The van der Waals surface area contributed by atoms with Crippen LogP contribution in [0.2, 0.25) is 0 Å². The van der Waals surface area contributed by atoms with Crippen molar-refractivity contribution >= 4 is 34.0 Å². The maximum Gasteiger partial charge on any atom is 0.229 e. The van der Waals surface area contributed by atoms with Crippen LogP contribution in [0, 0.1) is 0 Å². The predicted octanol–water partition coefficient (Wildman–Crippen LogP) is 3.79. The zero-order valence-electron chi connectivity index (χ0n) is 20.6. The highest BCUT2D eigenvalue weighted by Gasteiger charge is 2.14. The number of aromatic nitrogens is 3. The molecule has 1 fully saturated rings. The molecule has 9 heteroatoms. The van der Waals surface area contributed by atoms with Crippen LogP contribution in [0.4, 0.5) is 23.1 Å². The third-order valence-electron chi connectivity index (χ3n) is 6.07. The van der Waals surface area contributed by atoms with Gasteiger partial charge >= 0.3 is 0 Å². The van der Waals surface area contributed by atoms with Crippen LogP contribution in [0.3, 0.4) is 0 Å². The number of pyridine rings is 1. The van der Waals surface area contributed by atoms with E-state index in [1.165, 1.54) is 5.69 Å². The highest BCUT2D eigenvalue weighted by Crippen LogP contribution is 2.31. The van der Waals surface area contributed by atoms with E-state index in [4.69, 9.17) is 20.2 Å². The highest BCUT2D eigenvalue weighted by atomic mass is 16.5. The molecule has 0 unspecified atom stereocenters. The van der Waals surface area contributed by atoms with E-state index in [1.54, 1.807) is 6.20 Å². The number of rotatable bonds is 8. The van der Waals surface area contributed by atoms with Crippen LogP contribution in [-0.4, -0.2) is 73.4 Å². The van der Waals surface area contributed by atoms with E-state index in [-0.39, 0.29) is 0 Å². The van der Waals surface area contributed by atoms with Crippen LogP contribution in [0.1, 0.15) is 0 Å². The summed E-state index contributed by atoms with van der Waals surface area (Å²) in [5.41, 5.74) is 10.8. The van der Waals surface area contributed by atoms with Crippen molar-refractivity contribution in [3.05, 3.63) is 60.8 Å². The fourth-order valence-electron chi connectivity index (χ4n) is 4.14. The highest BCUT2D eigenvalue weighted by molar-refractivity contribution is 5.98. The van der Waals surface area contributed by atoms with E-state index in [9.17, 15) is 0 Å². The molecule has 3 N–H and O–H groups in total. The number of hydrogen-bond donors (Lipinski definition) is 2. The first-order chi connectivity index (χ1) is 17.6. The third-order valence-corrected chi connectivity index (χ3v) is 6.07. The molecule has 36 heavy (non-hydrogen) atoms. The monoisotopic (exact) mass is 485 g/mol. The zero-order chi connectivity index (χ0) is 24.9. The summed E-state index contributed by atoms with van der Waals surface area (Å²) in [6.07, 6.45) is 1.75. The molecule has 2 aromatic carbocycles. The Kier molecular flexibility index (Phi) is 7.11. The molecule has 9 nitrogen and oxygen atoms in total. The molecule has 0 spiro atoms. The van der Waals surface area contributed by atoms with Gasteiger partial charge in [0.2, 0.25) is 5.95 Å². The van der Waals surface area contributed by atoms with E-state index in [1.807, 2.05) is 56.6 Å². The molecule has 5 rings (SSSR count). The molecule has 1 saturated heterocycles. The Morgan fingerprint density at radius 3 is 2.64 bits per heavy atom. The second-order valence-corrected chi connectivity index (χ2v) is 8.93. The lowest BCUT2D eigenvalue weighted by Crippen LogP contribution is -2.36. The second kappa shape index (κ2) is 10.8. The standard InChI is InChI=1S/C27H31N7O2/c1-33(2)12-17-36-21-10-11-29-24(18-21)22-4-3-5-23-25(22)31-27(32-26(23)28)30-19-6-8-20(9-7-19)34-13-15-35-16-14-34/h3-11,18H,12-17H2,1-2H3,(H3,28,30,31,32). The minimum Gasteiger partial charge on any atom is -0.492 e. The van der Waals surface area contributed by atoms with E-state index < -0.39 is 0 Å². The largest absolute Gasteiger partial charge is 0.492 e. The van der Waals surface area contributed by atoms with Crippen molar-refractivity contribution < 1.29 is 9.47 Å². The van der Waals surface area contributed by atoms with Gasteiger partial charge in [-0.05, 0) is 50.5 Å². The van der Waals surface area contributed by atoms with Gasteiger partial charge in [-0.3, -0.25) is 4.98 Å². The van der Waals surface area contributed by atoms with Gasteiger partial charge in [0, 0.05) is 54.2 Å². The number of nitrogens with one attached hydrogen (secondary N) is 1. The SMILES string of the molecule is CN(C)CCOc1ccnc(-c2cccc3c(N)nc(Nc4ccc(N5CCOCC5)cc4)nc23)c1. The number of benzene rings is 2. The Morgan fingerprint density at radius 1 is 1.06 bits per heavy atom. The third kappa shape index (κ3) is 5.48. The number of nitrogens with zero attached hydrogens (tertiary/aromatic N) is 5. The number of likely N-dealkylation sites (N-methyl/N-ethyl adjacent to an activating group) is 1. The molecule has 4 aromatic rings. The summed E-state index contributed by atoms with van der Waals surface area (Å²) in [5.74, 6) is 1.61. The topological polar surface area (TPSA) is 102 Å². The minimum absolute atomic E-state index is 0.410. The summed E-state index contributed by atoms with van der Waals surface area (Å²) in [6, 6.07) is 17.9. The summed E-state index contributed by atoms with van der Waals surface area (Å²) >= 11 is 0. The number of para-hydroxylation sites is 1. The van der Waals surface area contributed by atoms with Crippen LogP contribution in [-0.2, 0) is 4.74 Å². The zero-order valence-corrected chi connectivity index (χ0v) is 20.6. The van der Waals surface area contributed by atoms with Gasteiger partial charge in [-0.1, -0.05) is 12.1 Å². The first-order valence-electron chi connectivity index (χ1n) is 12.1. The van der Waals surface area contributed by atoms with Gasteiger partial charge in [0.25, 0.3) is 0 Å². The van der Waals surface area contributed by atoms with Crippen molar-refractivity contribution in [2.45, 2.75) is 0 Å². The van der Waals surface area contributed by atoms with Crippen molar-refractivity contribution in [3.8, 4) is 17.0 Å². The quantitative estimate of drug-likeness (QED) is 0.386. The molecule has 1 aliphatic heterocycles. The Bertz CT molecular complexity index is 1320. The predicted molar refractivity (Wildman–Crippen MR) is 144 cm³/mol. The Morgan fingerprint density at radius 2 is 1.86 bits per heavy atom. The lowest BCUT2D eigenvalue weighted by atomic mass is 10.1. The van der Waals surface area contributed by atoms with Crippen LogP contribution >= 0.6 is 0 Å².